The number of benzene rings is 1. The van der Waals surface area contributed by atoms with Gasteiger partial charge in [0.2, 0.25) is 0 Å². The lowest BCUT2D eigenvalue weighted by Gasteiger charge is -2.41. The number of ether oxygens (including phenoxy) is 1. The maximum Gasteiger partial charge on any atom is 0.335 e. The lowest BCUT2D eigenvalue weighted by Crippen LogP contribution is -2.39. The van der Waals surface area contributed by atoms with Crippen molar-refractivity contribution in [1.82, 2.24) is 0 Å². The minimum atomic E-state index is -0.978. The normalized spacial score (nSPS) is 22.9. The number of carboxylic acids is 1. The summed E-state index contributed by atoms with van der Waals surface area (Å²) in [5.41, 5.74) is 3.58. The SMILES string of the molecule is COC1C(C)=C(C(=O)O)C(C)=C(C)C1(C)C=CC(=O)c1cc(C)c(O)c(C)c1. The number of hydrogen-bond donors (Lipinski definition) is 2. The number of aliphatic carboxylic acids is 1. The summed E-state index contributed by atoms with van der Waals surface area (Å²) < 4.78 is 5.66. The average molecular weight is 384 g/mol. The molecule has 2 rings (SSSR count). The van der Waals surface area contributed by atoms with Crippen molar-refractivity contribution in [2.24, 2.45) is 5.41 Å². The molecule has 2 N–H and O–H groups in total. The highest BCUT2D eigenvalue weighted by molar-refractivity contribution is 6.05. The molecule has 0 fully saturated rings. The van der Waals surface area contributed by atoms with E-state index >= 15 is 0 Å². The van der Waals surface area contributed by atoms with Crippen LogP contribution in [-0.4, -0.2) is 35.2 Å². The Hall–Kier alpha value is -2.66. The van der Waals surface area contributed by atoms with E-state index in [1.54, 1.807) is 53.0 Å². The molecule has 0 aliphatic heterocycles. The fraction of sp³-hybridized carbons (Fsp3) is 0.391. The van der Waals surface area contributed by atoms with Gasteiger partial charge in [0.15, 0.2) is 5.78 Å². The quantitative estimate of drug-likeness (QED) is 0.576. The molecule has 0 spiro atoms. The third kappa shape index (κ3) is 3.54. The van der Waals surface area contributed by atoms with Gasteiger partial charge in [-0.1, -0.05) is 11.6 Å². The second-order valence-electron chi connectivity index (χ2n) is 7.67. The largest absolute Gasteiger partial charge is 0.507 e. The number of allylic oxidation sites excluding steroid dienone is 1. The molecule has 0 heterocycles. The average Bonchev–Trinajstić information content (AvgIpc) is 2.62. The molecule has 0 amide bonds. The summed E-state index contributed by atoms with van der Waals surface area (Å²) in [5, 5.41) is 19.5. The predicted molar refractivity (Wildman–Crippen MR) is 109 cm³/mol. The highest BCUT2D eigenvalue weighted by Gasteiger charge is 2.42. The topological polar surface area (TPSA) is 83.8 Å². The number of aryl methyl sites for hydroxylation is 2. The monoisotopic (exact) mass is 384 g/mol. The Kier molecular flexibility index (Phi) is 6.00. The summed E-state index contributed by atoms with van der Waals surface area (Å²) in [7, 11) is 1.54. The van der Waals surface area contributed by atoms with Crippen LogP contribution in [0.5, 0.6) is 5.75 Å². The van der Waals surface area contributed by atoms with Crippen LogP contribution in [-0.2, 0) is 9.53 Å². The molecule has 2 unspecified atom stereocenters. The number of phenols is 1. The van der Waals surface area contributed by atoms with Gasteiger partial charge in [-0.15, -0.1) is 0 Å². The number of aromatic hydroxyl groups is 1. The van der Waals surface area contributed by atoms with E-state index in [9.17, 15) is 19.8 Å². The second-order valence-corrected chi connectivity index (χ2v) is 7.67. The zero-order chi connectivity index (χ0) is 21.4. The lowest BCUT2D eigenvalue weighted by molar-refractivity contribution is -0.132. The maximum atomic E-state index is 12.8. The molecule has 0 radical (unpaired) electrons. The Morgan fingerprint density at radius 3 is 2.11 bits per heavy atom. The van der Waals surface area contributed by atoms with E-state index < -0.39 is 17.5 Å². The van der Waals surface area contributed by atoms with E-state index in [-0.39, 0.29) is 17.1 Å². The zero-order valence-electron chi connectivity index (χ0n) is 17.5. The summed E-state index contributed by atoms with van der Waals surface area (Å²) in [6.45, 7) is 10.9. The van der Waals surface area contributed by atoms with Crippen LogP contribution in [0.2, 0.25) is 0 Å². The van der Waals surface area contributed by atoms with E-state index in [4.69, 9.17) is 4.74 Å². The second kappa shape index (κ2) is 7.76. The van der Waals surface area contributed by atoms with E-state index in [0.717, 1.165) is 5.57 Å². The summed E-state index contributed by atoms with van der Waals surface area (Å²) in [6, 6.07) is 3.32. The molecule has 1 aliphatic rings. The van der Waals surface area contributed by atoms with E-state index in [1.807, 2.05) is 13.8 Å². The Morgan fingerprint density at radius 2 is 1.64 bits per heavy atom. The predicted octanol–water partition coefficient (Wildman–Crippen LogP) is 4.52. The first-order valence-corrected chi connectivity index (χ1v) is 9.14. The number of ketones is 1. The molecule has 1 aliphatic carbocycles. The van der Waals surface area contributed by atoms with Crippen molar-refractivity contribution >= 4 is 11.8 Å². The Morgan fingerprint density at radius 1 is 1.11 bits per heavy atom. The molecule has 0 bridgehead atoms. The molecule has 150 valence electrons. The van der Waals surface area contributed by atoms with Crippen LogP contribution in [0.15, 0.2) is 46.6 Å². The van der Waals surface area contributed by atoms with Gasteiger partial charge in [0.1, 0.15) is 5.75 Å². The summed E-state index contributed by atoms with van der Waals surface area (Å²) in [4.78, 5) is 24.4. The molecule has 1 aromatic carbocycles. The van der Waals surface area contributed by atoms with Gasteiger partial charge in [-0.3, -0.25) is 4.79 Å². The fourth-order valence-corrected chi connectivity index (χ4v) is 4.07. The van der Waals surface area contributed by atoms with E-state index in [1.165, 1.54) is 6.08 Å². The molecular formula is C23H28O5. The summed E-state index contributed by atoms with van der Waals surface area (Å²) in [5.74, 6) is -0.970. The molecule has 0 aromatic heterocycles. The Labute approximate surface area is 166 Å². The first kappa shape index (κ1) is 21.6. The maximum absolute atomic E-state index is 12.8. The third-order valence-corrected chi connectivity index (χ3v) is 5.88. The van der Waals surface area contributed by atoms with Gasteiger partial charge >= 0.3 is 5.97 Å². The summed E-state index contributed by atoms with van der Waals surface area (Å²) >= 11 is 0. The zero-order valence-corrected chi connectivity index (χ0v) is 17.5. The van der Waals surface area contributed by atoms with Crippen LogP contribution in [0.25, 0.3) is 0 Å². The smallest absolute Gasteiger partial charge is 0.335 e. The van der Waals surface area contributed by atoms with Crippen LogP contribution in [0.3, 0.4) is 0 Å². The molecule has 0 saturated heterocycles. The standard InChI is InChI=1S/C23H28O5/c1-12-10-17(11-13(2)20(12)25)18(24)8-9-23(6)16(5)14(3)19(22(26)27)15(4)21(23)28-7/h8-11,21,25H,1-7H3,(H,26,27). The van der Waals surface area contributed by atoms with Crippen LogP contribution >= 0.6 is 0 Å². The molecule has 0 saturated carbocycles. The van der Waals surface area contributed by atoms with Crippen LogP contribution < -0.4 is 0 Å². The highest BCUT2D eigenvalue weighted by Crippen LogP contribution is 2.45. The van der Waals surface area contributed by atoms with E-state index in [0.29, 0.717) is 27.8 Å². The van der Waals surface area contributed by atoms with Gasteiger partial charge in [-0.25, -0.2) is 4.79 Å². The van der Waals surface area contributed by atoms with Gasteiger partial charge in [0, 0.05) is 18.1 Å². The van der Waals surface area contributed by atoms with Gasteiger partial charge in [-0.2, -0.15) is 0 Å². The molecule has 5 heteroatoms. The Bertz CT molecular complexity index is 909. The Balaban J connectivity index is 2.49. The molecule has 2 atom stereocenters. The van der Waals surface area contributed by atoms with Crippen molar-refractivity contribution in [3.63, 3.8) is 0 Å². The molecule has 28 heavy (non-hydrogen) atoms. The van der Waals surface area contributed by atoms with Crippen LogP contribution in [0.4, 0.5) is 0 Å². The number of carbonyl (C=O) groups excluding carboxylic acids is 1. The fourth-order valence-electron chi connectivity index (χ4n) is 4.07. The van der Waals surface area contributed by atoms with Gasteiger partial charge < -0.3 is 14.9 Å². The number of hydrogen-bond acceptors (Lipinski definition) is 4. The molecular weight excluding hydrogens is 356 g/mol. The van der Waals surface area contributed by atoms with Crippen molar-refractivity contribution < 1.29 is 24.5 Å². The highest BCUT2D eigenvalue weighted by atomic mass is 16.5. The van der Waals surface area contributed by atoms with Crippen molar-refractivity contribution in [2.75, 3.05) is 7.11 Å². The van der Waals surface area contributed by atoms with Gasteiger partial charge in [0.05, 0.1) is 11.7 Å². The van der Waals surface area contributed by atoms with E-state index in [2.05, 4.69) is 0 Å². The van der Waals surface area contributed by atoms with Crippen molar-refractivity contribution in [1.29, 1.82) is 0 Å². The minimum Gasteiger partial charge on any atom is -0.507 e. The van der Waals surface area contributed by atoms with Crippen molar-refractivity contribution in [3.05, 3.63) is 63.3 Å². The number of phenolic OH excluding ortho intramolecular Hbond substituents is 1. The lowest BCUT2D eigenvalue weighted by atomic mass is 9.67. The molecule has 5 nitrogen and oxygen atoms in total. The number of rotatable bonds is 5. The number of carboxylic acid groups (broad SMARTS) is 1. The van der Waals surface area contributed by atoms with Crippen molar-refractivity contribution in [3.8, 4) is 5.75 Å². The first-order chi connectivity index (χ1) is 13.0. The molecule has 1 aromatic rings. The number of carbonyl (C=O) groups is 2. The van der Waals surface area contributed by atoms with Crippen molar-refractivity contribution in [2.45, 2.75) is 47.6 Å². The number of methoxy groups -OCH3 is 1. The minimum absolute atomic E-state index is 0.182. The van der Waals surface area contributed by atoms with Gasteiger partial charge in [0.25, 0.3) is 0 Å². The first-order valence-electron chi connectivity index (χ1n) is 9.14. The third-order valence-electron chi connectivity index (χ3n) is 5.88. The summed E-state index contributed by atoms with van der Waals surface area (Å²) in [6.07, 6.45) is 2.81. The van der Waals surface area contributed by atoms with Gasteiger partial charge in [-0.05, 0) is 82.0 Å². The van der Waals surface area contributed by atoms with Crippen LogP contribution in [0, 0.1) is 19.3 Å². The van der Waals surface area contributed by atoms with Crippen LogP contribution in [0.1, 0.15) is 49.2 Å².